The van der Waals surface area contributed by atoms with Gasteiger partial charge in [-0.2, -0.15) is 0 Å². The lowest BCUT2D eigenvalue weighted by molar-refractivity contribution is 0.0687. The molecule has 1 aromatic carbocycles. The molecule has 5 nitrogen and oxygen atoms in total. The lowest BCUT2D eigenvalue weighted by Crippen LogP contribution is -2.22. The Morgan fingerprint density at radius 1 is 1.43 bits per heavy atom. The monoisotopic (exact) mass is 311 g/mol. The average molecular weight is 312 g/mol. The van der Waals surface area contributed by atoms with Gasteiger partial charge < -0.3 is 5.11 Å². The van der Waals surface area contributed by atoms with E-state index >= 15 is 0 Å². The van der Waals surface area contributed by atoms with Crippen LogP contribution in [0.2, 0.25) is 5.02 Å². The van der Waals surface area contributed by atoms with Gasteiger partial charge in [-0.3, -0.25) is 0 Å². The molecule has 0 radical (unpaired) electrons. The molecular weight excluding hydrogens is 297 g/mol. The molecule has 0 fully saturated rings. The Kier molecular flexibility index (Phi) is 4.00. The largest absolute Gasteiger partial charge is 0.476 e. The van der Waals surface area contributed by atoms with Gasteiger partial charge in [0.05, 0.1) is 17.3 Å². The van der Waals surface area contributed by atoms with Crippen LogP contribution >= 0.6 is 11.6 Å². The molecule has 21 heavy (non-hydrogen) atoms. The Balaban J connectivity index is 2.50. The van der Waals surface area contributed by atoms with E-state index in [1.807, 2.05) is 20.8 Å². The fourth-order valence-corrected chi connectivity index (χ4v) is 2.33. The van der Waals surface area contributed by atoms with Crippen molar-refractivity contribution in [2.45, 2.75) is 32.7 Å². The summed E-state index contributed by atoms with van der Waals surface area (Å²) in [7, 11) is 0. The predicted molar refractivity (Wildman–Crippen MR) is 76.2 cm³/mol. The van der Waals surface area contributed by atoms with Crippen molar-refractivity contribution >= 4 is 17.6 Å². The number of hydrogen-bond acceptors (Lipinski definition) is 3. The van der Waals surface area contributed by atoms with Gasteiger partial charge in [-0.05, 0) is 11.6 Å². The highest BCUT2D eigenvalue weighted by Gasteiger charge is 2.29. The van der Waals surface area contributed by atoms with E-state index in [2.05, 4.69) is 10.3 Å². The molecule has 0 atom stereocenters. The van der Waals surface area contributed by atoms with Crippen molar-refractivity contribution in [3.8, 4) is 0 Å². The van der Waals surface area contributed by atoms with Crippen molar-refractivity contribution in [3.63, 3.8) is 0 Å². The van der Waals surface area contributed by atoms with Crippen LogP contribution in [0, 0.1) is 5.82 Å². The van der Waals surface area contributed by atoms with Crippen LogP contribution in [-0.2, 0) is 12.0 Å². The number of carboxylic acid groups (broad SMARTS) is 1. The number of aromatic nitrogens is 3. The smallest absolute Gasteiger partial charge is 0.358 e. The highest BCUT2D eigenvalue weighted by molar-refractivity contribution is 6.31. The molecule has 0 aliphatic carbocycles. The Bertz CT molecular complexity index is 692. The average Bonchev–Trinajstić information content (AvgIpc) is 2.79. The zero-order valence-electron chi connectivity index (χ0n) is 11.9. The molecule has 7 heteroatoms. The Hall–Kier alpha value is -1.95. The summed E-state index contributed by atoms with van der Waals surface area (Å²) in [5, 5.41) is 16.8. The van der Waals surface area contributed by atoms with Crippen LogP contribution in [0.25, 0.3) is 0 Å². The van der Waals surface area contributed by atoms with E-state index in [4.69, 9.17) is 11.6 Å². The molecule has 0 aliphatic rings. The minimum atomic E-state index is -1.14. The minimum Gasteiger partial charge on any atom is -0.476 e. The van der Waals surface area contributed by atoms with Crippen LogP contribution in [0.5, 0.6) is 0 Å². The number of hydrogen-bond donors (Lipinski definition) is 1. The van der Waals surface area contributed by atoms with Gasteiger partial charge in [0.25, 0.3) is 0 Å². The topological polar surface area (TPSA) is 68.0 Å². The van der Waals surface area contributed by atoms with Crippen molar-refractivity contribution in [1.82, 2.24) is 15.0 Å². The van der Waals surface area contributed by atoms with E-state index in [1.165, 1.54) is 10.7 Å². The molecule has 0 saturated heterocycles. The molecular formula is C14H15ClFN3O2. The number of carbonyl (C=O) groups is 1. The molecule has 112 valence electrons. The van der Waals surface area contributed by atoms with Crippen LogP contribution in [0.15, 0.2) is 18.2 Å². The van der Waals surface area contributed by atoms with Crippen LogP contribution in [0.3, 0.4) is 0 Å². The molecule has 1 N–H and O–H groups in total. The first-order chi connectivity index (χ1) is 9.71. The summed E-state index contributed by atoms with van der Waals surface area (Å²) >= 11 is 5.93. The number of halogens is 2. The van der Waals surface area contributed by atoms with Gasteiger partial charge in [-0.15, -0.1) is 5.10 Å². The van der Waals surface area contributed by atoms with Crippen molar-refractivity contribution in [2.24, 2.45) is 0 Å². The lowest BCUT2D eigenvalue weighted by Gasteiger charge is -2.20. The minimum absolute atomic E-state index is 0.00438. The van der Waals surface area contributed by atoms with Crippen molar-refractivity contribution in [1.29, 1.82) is 0 Å². The van der Waals surface area contributed by atoms with E-state index in [0.717, 1.165) is 0 Å². The highest BCUT2D eigenvalue weighted by Crippen LogP contribution is 2.27. The fourth-order valence-electron chi connectivity index (χ4n) is 2.14. The maximum absolute atomic E-state index is 13.5. The van der Waals surface area contributed by atoms with E-state index in [-0.39, 0.29) is 17.3 Å². The van der Waals surface area contributed by atoms with Crippen LogP contribution in [-0.4, -0.2) is 26.1 Å². The number of carboxylic acids is 1. The third kappa shape index (κ3) is 3.05. The number of aromatic carboxylic acids is 1. The van der Waals surface area contributed by atoms with E-state index < -0.39 is 17.2 Å². The quantitative estimate of drug-likeness (QED) is 0.945. The summed E-state index contributed by atoms with van der Waals surface area (Å²) < 4.78 is 14.9. The van der Waals surface area contributed by atoms with Gasteiger partial charge in [0.15, 0.2) is 5.69 Å². The zero-order chi connectivity index (χ0) is 15.8. The zero-order valence-corrected chi connectivity index (χ0v) is 12.6. The molecule has 0 unspecified atom stereocenters. The summed E-state index contributed by atoms with van der Waals surface area (Å²) in [6.07, 6.45) is 0. The standard InChI is InChI=1S/C14H15ClFN3O2/c1-14(2,3)12-11(13(20)21)17-18-19(12)7-8-5-4-6-9(16)10(8)15/h4-6H,7H2,1-3H3,(H,20,21). The normalized spacial score (nSPS) is 11.7. The Morgan fingerprint density at radius 3 is 2.67 bits per heavy atom. The van der Waals surface area contributed by atoms with Gasteiger partial charge >= 0.3 is 5.97 Å². The molecule has 1 aromatic heterocycles. The molecule has 0 bridgehead atoms. The van der Waals surface area contributed by atoms with Crippen LogP contribution < -0.4 is 0 Å². The fraction of sp³-hybridized carbons (Fsp3) is 0.357. The van der Waals surface area contributed by atoms with Crippen LogP contribution in [0.1, 0.15) is 42.5 Å². The maximum Gasteiger partial charge on any atom is 0.358 e. The first kappa shape index (κ1) is 15.4. The summed E-state index contributed by atoms with van der Waals surface area (Å²) in [6, 6.07) is 4.48. The lowest BCUT2D eigenvalue weighted by atomic mass is 9.90. The first-order valence-corrected chi connectivity index (χ1v) is 6.69. The van der Waals surface area contributed by atoms with Crippen molar-refractivity contribution < 1.29 is 14.3 Å². The third-order valence-corrected chi connectivity index (χ3v) is 3.42. The Labute approximate surface area is 126 Å². The molecule has 0 amide bonds. The van der Waals surface area contributed by atoms with E-state index in [9.17, 15) is 14.3 Å². The summed E-state index contributed by atoms with van der Waals surface area (Å²) in [4.78, 5) is 11.3. The van der Waals surface area contributed by atoms with Crippen molar-refractivity contribution in [2.75, 3.05) is 0 Å². The van der Waals surface area contributed by atoms with Gasteiger partial charge in [0.2, 0.25) is 0 Å². The molecule has 1 heterocycles. The molecule has 0 aliphatic heterocycles. The second-order valence-electron chi connectivity index (χ2n) is 5.71. The van der Waals surface area contributed by atoms with Gasteiger partial charge in [0, 0.05) is 5.41 Å². The molecule has 2 rings (SSSR count). The van der Waals surface area contributed by atoms with Gasteiger partial charge in [0.1, 0.15) is 5.82 Å². The predicted octanol–water partition coefficient (Wildman–Crippen LogP) is 3.11. The highest BCUT2D eigenvalue weighted by atomic mass is 35.5. The first-order valence-electron chi connectivity index (χ1n) is 6.32. The van der Waals surface area contributed by atoms with Gasteiger partial charge in [-0.25, -0.2) is 13.9 Å². The van der Waals surface area contributed by atoms with Crippen LogP contribution in [0.4, 0.5) is 4.39 Å². The Morgan fingerprint density at radius 2 is 2.10 bits per heavy atom. The summed E-state index contributed by atoms with van der Waals surface area (Å²) in [6.45, 7) is 5.74. The van der Waals surface area contributed by atoms with E-state index in [0.29, 0.717) is 11.3 Å². The molecule has 0 spiro atoms. The molecule has 2 aromatic rings. The molecule has 0 saturated carbocycles. The second-order valence-corrected chi connectivity index (χ2v) is 6.09. The number of rotatable bonds is 3. The number of benzene rings is 1. The number of nitrogens with zero attached hydrogens (tertiary/aromatic N) is 3. The summed E-state index contributed by atoms with van der Waals surface area (Å²) in [5.74, 6) is -1.67. The summed E-state index contributed by atoms with van der Waals surface area (Å²) in [5.41, 5.74) is 0.408. The van der Waals surface area contributed by atoms with Crippen molar-refractivity contribution in [3.05, 3.63) is 46.0 Å². The van der Waals surface area contributed by atoms with Gasteiger partial charge in [-0.1, -0.05) is 49.7 Å². The maximum atomic E-state index is 13.5. The SMILES string of the molecule is CC(C)(C)c1c(C(=O)O)nnn1Cc1cccc(F)c1Cl. The second kappa shape index (κ2) is 5.44. The third-order valence-electron chi connectivity index (χ3n) is 3.00. The van der Waals surface area contributed by atoms with E-state index in [1.54, 1.807) is 12.1 Å².